The van der Waals surface area contributed by atoms with E-state index in [2.05, 4.69) is 10.2 Å². The van der Waals surface area contributed by atoms with Crippen molar-refractivity contribution < 1.29 is 9.47 Å². The molecule has 14 heavy (non-hydrogen) atoms. The molecule has 6 nitrogen and oxygen atoms in total. The number of nitrogens with two attached hydrogens (primary N) is 1. The van der Waals surface area contributed by atoms with E-state index in [9.17, 15) is 0 Å². The van der Waals surface area contributed by atoms with Crippen LogP contribution in [0.4, 0.5) is 5.95 Å². The van der Waals surface area contributed by atoms with Gasteiger partial charge in [0.05, 0.1) is 32.5 Å². The number of nitrogen functional groups attached to an aromatic ring is 1. The Morgan fingerprint density at radius 3 is 3.07 bits per heavy atom. The van der Waals surface area contributed by atoms with Crippen LogP contribution >= 0.6 is 12.2 Å². The lowest BCUT2D eigenvalue weighted by molar-refractivity contribution is -0.0935. The Labute approximate surface area is 86.0 Å². The third-order valence-electron chi connectivity index (χ3n) is 2.06. The molecular weight excluding hydrogens is 204 g/mol. The van der Waals surface area contributed by atoms with Crippen molar-refractivity contribution in [1.82, 2.24) is 14.8 Å². The molecule has 7 heteroatoms. The van der Waals surface area contributed by atoms with Crippen molar-refractivity contribution in [3.63, 3.8) is 0 Å². The fourth-order valence-corrected chi connectivity index (χ4v) is 1.57. The molecule has 0 bridgehead atoms. The zero-order valence-electron chi connectivity index (χ0n) is 7.60. The summed E-state index contributed by atoms with van der Waals surface area (Å²) in [6.45, 7) is 2.44. The van der Waals surface area contributed by atoms with Gasteiger partial charge in [0.25, 0.3) is 0 Å². The second-order valence-corrected chi connectivity index (χ2v) is 3.45. The number of hydrogen-bond donors (Lipinski definition) is 2. The molecule has 0 aromatic carbocycles. The molecule has 0 radical (unpaired) electrons. The van der Waals surface area contributed by atoms with Gasteiger partial charge in [-0.1, -0.05) is 0 Å². The maximum atomic E-state index is 5.62. The van der Waals surface area contributed by atoms with Crippen molar-refractivity contribution in [2.45, 2.75) is 12.6 Å². The molecule has 0 saturated carbocycles. The van der Waals surface area contributed by atoms with Crippen molar-refractivity contribution in [2.75, 3.05) is 25.6 Å². The minimum atomic E-state index is 0.00958. The summed E-state index contributed by atoms with van der Waals surface area (Å²) < 4.78 is 13.0. The van der Waals surface area contributed by atoms with Gasteiger partial charge in [0.2, 0.25) is 5.95 Å². The number of aromatic amines is 1. The van der Waals surface area contributed by atoms with Crippen LogP contribution in [-0.2, 0) is 16.0 Å². The Morgan fingerprint density at radius 2 is 2.50 bits per heavy atom. The van der Waals surface area contributed by atoms with Crippen molar-refractivity contribution >= 4 is 18.2 Å². The number of nitrogens with one attached hydrogen (secondary N) is 1. The van der Waals surface area contributed by atoms with E-state index in [0.717, 1.165) is 0 Å². The van der Waals surface area contributed by atoms with Crippen molar-refractivity contribution in [3.05, 3.63) is 4.77 Å². The van der Waals surface area contributed by atoms with E-state index in [-0.39, 0.29) is 6.10 Å². The highest BCUT2D eigenvalue weighted by molar-refractivity contribution is 7.71. The van der Waals surface area contributed by atoms with Crippen LogP contribution in [0.5, 0.6) is 0 Å². The molecule has 1 fully saturated rings. The van der Waals surface area contributed by atoms with E-state index in [1.807, 2.05) is 0 Å². The summed E-state index contributed by atoms with van der Waals surface area (Å²) in [6.07, 6.45) is 0.00958. The van der Waals surface area contributed by atoms with Gasteiger partial charge in [-0.15, -0.1) is 5.10 Å². The molecule has 1 aliphatic rings. The molecule has 78 valence electrons. The molecule has 3 N–H and O–H groups in total. The van der Waals surface area contributed by atoms with E-state index in [4.69, 9.17) is 27.4 Å². The fourth-order valence-electron chi connectivity index (χ4n) is 1.35. The van der Waals surface area contributed by atoms with Gasteiger partial charge in [0.1, 0.15) is 0 Å². The third kappa shape index (κ3) is 1.94. The summed E-state index contributed by atoms with van der Waals surface area (Å²) in [5.41, 5.74) is 5.62. The Kier molecular flexibility index (Phi) is 2.80. The van der Waals surface area contributed by atoms with E-state index in [1.165, 1.54) is 0 Å². The Morgan fingerprint density at radius 1 is 1.64 bits per heavy atom. The zero-order valence-corrected chi connectivity index (χ0v) is 8.42. The number of rotatable bonds is 2. The SMILES string of the molecule is Nc1n[nH]c(=S)n1CC1COCCO1. The van der Waals surface area contributed by atoms with E-state index in [0.29, 0.717) is 37.1 Å². The Balaban J connectivity index is 2.06. The summed E-state index contributed by atoms with van der Waals surface area (Å²) in [4.78, 5) is 0. The quantitative estimate of drug-likeness (QED) is 0.677. The zero-order chi connectivity index (χ0) is 9.97. The maximum Gasteiger partial charge on any atom is 0.220 e. The lowest BCUT2D eigenvalue weighted by Crippen LogP contribution is -2.32. The summed E-state index contributed by atoms with van der Waals surface area (Å²) in [6, 6.07) is 0. The van der Waals surface area contributed by atoms with Gasteiger partial charge in [-0.25, -0.2) is 5.10 Å². The first-order chi connectivity index (χ1) is 6.77. The van der Waals surface area contributed by atoms with Crippen LogP contribution in [0.1, 0.15) is 0 Å². The van der Waals surface area contributed by atoms with E-state index < -0.39 is 0 Å². The third-order valence-corrected chi connectivity index (χ3v) is 2.37. The molecule has 0 aliphatic carbocycles. The first-order valence-electron chi connectivity index (χ1n) is 4.37. The Hall–Kier alpha value is -0.920. The highest BCUT2D eigenvalue weighted by Crippen LogP contribution is 2.07. The van der Waals surface area contributed by atoms with Crippen LogP contribution in [0.3, 0.4) is 0 Å². The molecule has 1 aromatic heterocycles. The standard InChI is InChI=1S/C7H12N4O2S/c8-6-9-10-7(14)11(6)3-5-4-12-1-2-13-5/h5H,1-4H2,(H2,8,9)(H,10,14). The number of nitrogens with zero attached hydrogens (tertiary/aromatic N) is 2. The average molecular weight is 216 g/mol. The minimum absolute atomic E-state index is 0.00958. The van der Waals surface area contributed by atoms with Crippen LogP contribution in [0, 0.1) is 4.77 Å². The molecule has 2 rings (SSSR count). The molecule has 1 aliphatic heterocycles. The van der Waals surface area contributed by atoms with E-state index >= 15 is 0 Å². The minimum Gasteiger partial charge on any atom is -0.376 e. The monoisotopic (exact) mass is 216 g/mol. The van der Waals surface area contributed by atoms with Gasteiger partial charge in [0.15, 0.2) is 4.77 Å². The maximum absolute atomic E-state index is 5.62. The molecular formula is C7H12N4O2S. The summed E-state index contributed by atoms with van der Waals surface area (Å²) in [5.74, 6) is 0.379. The molecule has 2 heterocycles. The second kappa shape index (κ2) is 4.07. The molecule has 0 spiro atoms. The van der Waals surface area contributed by atoms with Crippen molar-refractivity contribution in [2.24, 2.45) is 0 Å². The largest absolute Gasteiger partial charge is 0.376 e. The lowest BCUT2D eigenvalue weighted by atomic mass is 10.3. The number of hydrogen-bond acceptors (Lipinski definition) is 5. The van der Waals surface area contributed by atoms with Crippen molar-refractivity contribution in [1.29, 1.82) is 0 Å². The van der Waals surface area contributed by atoms with Gasteiger partial charge in [-0.2, -0.15) is 0 Å². The van der Waals surface area contributed by atoms with Gasteiger partial charge >= 0.3 is 0 Å². The summed E-state index contributed by atoms with van der Waals surface area (Å²) in [7, 11) is 0. The van der Waals surface area contributed by atoms with Gasteiger partial charge in [-0.3, -0.25) is 4.57 Å². The van der Waals surface area contributed by atoms with Crippen LogP contribution in [-0.4, -0.2) is 40.7 Å². The predicted molar refractivity (Wildman–Crippen MR) is 52.4 cm³/mol. The van der Waals surface area contributed by atoms with Crippen LogP contribution in [0.15, 0.2) is 0 Å². The topological polar surface area (TPSA) is 78.1 Å². The first-order valence-corrected chi connectivity index (χ1v) is 4.78. The molecule has 1 saturated heterocycles. The second-order valence-electron chi connectivity index (χ2n) is 3.07. The molecule has 1 atom stereocenters. The molecule has 0 amide bonds. The first kappa shape index (κ1) is 9.63. The van der Waals surface area contributed by atoms with Crippen LogP contribution < -0.4 is 5.73 Å². The molecule has 1 unspecified atom stereocenters. The Bertz CT molecular complexity index is 355. The summed E-state index contributed by atoms with van der Waals surface area (Å²) >= 11 is 5.01. The highest BCUT2D eigenvalue weighted by Gasteiger charge is 2.16. The van der Waals surface area contributed by atoms with Crippen molar-refractivity contribution in [3.8, 4) is 0 Å². The van der Waals surface area contributed by atoms with Gasteiger partial charge in [0, 0.05) is 0 Å². The predicted octanol–water partition coefficient (Wildman–Crippen LogP) is -0.0617. The normalized spacial score (nSPS) is 22.4. The number of aromatic nitrogens is 3. The number of anilines is 1. The number of H-pyrrole nitrogens is 1. The lowest BCUT2D eigenvalue weighted by Gasteiger charge is -2.23. The highest BCUT2D eigenvalue weighted by atomic mass is 32.1. The van der Waals surface area contributed by atoms with E-state index in [1.54, 1.807) is 4.57 Å². The van der Waals surface area contributed by atoms with Crippen LogP contribution in [0.2, 0.25) is 0 Å². The fraction of sp³-hybridized carbons (Fsp3) is 0.714. The van der Waals surface area contributed by atoms with Crippen LogP contribution in [0.25, 0.3) is 0 Å². The molecule has 1 aromatic rings. The average Bonchev–Trinajstić information content (AvgIpc) is 2.51. The summed E-state index contributed by atoms with van der Waals surface area (Å²) in [5, 5.41) is 6.43. The van der Waals surface area contributed by atoms with Gasteiger partial charge in [-0.05, 0) is 12.2 Å². The van der Waals surface area contributed by atoms with Gasteiger partial charge < -0.3 is 15.2 Å². The number of ether oxygens (including phenoxy) is 2. The smallest absolute Gasteiger partial charge is 0.220 e.